The topological polar surface area (TPSA) is 132 Å². The first kappa shape index (κ1) is 11.6. The van der Waals surface area contributed by atoms with E-state index in [0.29, 0.717) is 0 Å². The number of nitrogens with one attached hydrogen (secondary N) is 4. The first-order valence-electron chi connectivity index (χ1n) is 4.93. The molecule has 0 amide bonds. The highest BCUT2D eigenvalue weighted by molar-refractivity contribution is 5.67. The van der Waals surface area contributed by atoms with E-state index >= 15 is 0 Å². The van der Waals surface area contributed by atoms with Crippen molar-refractivity contribution in [1.82, 2.24) is 29.5 Å². The molecule has 0 aliphatic carbocycles. The second kappa shape index (κ2) is 4.57. The maximum atomic E-state index is 11.3. The zero-order chi connectivity index (χ0) is 13.1. The van der Waals surface area contributed by atoms with E-state index in [1.807, 2.05) is 0 Å². The van der Waals surface area contributed by atoms with E-state index in [9.17, 15) is 14.4 Å². The highest BCUT2D eigenvalue weighted by Gasteiger charge is 2.06. The quantitative estimate of drug-likeness (QED) is 0.392. The van der Waals surface area contributed by atoms with Gasteiger partial charge in [-0.25, -0.2) is 14.6 Å². The average Bonchev–Trinajstić information content (AvgIpc) is 2.98. The van der Waals surface area contributed by atoms with Crippen LogP contribution in [0.2, 0.25) is 0 Å². The monoisotopic (exact) mass is 250 g/mol. The largest absolute Gasteiger partial charge is 0.351 e. The third-order valence-corrected chi connectivity index (χ3v) is 2.19. The normalized spacial score (nSPS) is 10.1. The Morgan fingerprint density at radius 1 is 1.17 bits per heavy atom. The maximum Gasteiger partial charge on any atom is 0.329 e. The van der Waals surface area contributed by atoms with Gasteiger partial charge in [0, 0.05) is 19.4 Å². The van der Waals surface area contributed by atoms with E-state index in [4.69, 9.17) is 0 Å². The second-order valence-corrected chi connectivity index (χ2v) is 3.38. The fraction of sp³-hybridized carbons (Fsp3) is 0.111. The lowest BCUT2D eigenvalue weighted by molar-refractivity contribution is 0.790. The number of rotatable bonds is 0. The molecule has 3 heterocycles. The van der Waals surface area contributed by atoms with Crippen LogP contribution in [0, 0.1) is 0 Å². The van der Waals surface area contributed by atoms with Crippen molar-refractivity contribution in [1.29, 1.82) is 0 Å². The van der Waals surface area contributed by atoms with Gasteiger partial charge in [-0.05, 0) is 0 Å². The molecular formula is C9H10N6O3. The van der Waals surface area contributed by atoms with Crippen LogP contribution in [-0.2, 0) is 7.05 Å². The van der Waals surface area contributed by atoms with E-state index in [0.717, 1.165) is 4.57 Å². The molecule has 3 aromatic rings. The summed E-state index contributed by atoms with van der Waals surface area (Å²) in [6.07, 6.45) is 5.08. The van der Waals surface area contributed by atoms with Crippen LogP contribution in [0.5, 0.6) is 0 Å². The van der Waals surface area contributed by atoms with E-state index in [1.54, 1.807) is 18.7 Å². The first-order valence-corrected chi connectivity index (χ1v) is 4.93. The Morgan fingerprint density at radius 2 is 1.94 bits per heavy atom. The highest BCUT2D eigenvalue weighted by Crippen LogP contribution is 1.90. The molecule has 0 aliphatic heterocycles. The highest BCUT2D eigenvalue weighted by atomic mass is 16.2. The molecule has 9 heteroatoms. The number of nitrogens with zero attached hydrogens (tertiary/aromatic N) is 2. The van der Waals surface area contributed by atoms with Gasteiger partial charge < -0.3 is 4.98 Å². The lowest BCUT2D eigenvalue weighted by Crippen LogP contribution is -2.32. The summed E-state index contributed by atoms with van der Waals surface area (Å²) >= 11 is 0. The molecule has 3 rings (SSSR count). The fourth-order valence-corrected chi connectivity index (χ4v) is 1.30. The van der Waals surface area contributed by atoms with Crippen molar-refractivity contribution in [2.45, 2.75) is 0 Å². The number of aromatic nitrogens is 6. The van der Waals surface area contributed by atoms with Crippen molar-refractivity contribution in [3.05, 3.63) is 50.0 Å². The van der Waals surface area contributed by atoms with Crippen LogP contribution in [0.15, 0.2) is 33.1 Å². The Kier molecular flexibility index (Phi) is 2.96. The summed E-state index contributed by atoms with van der Waals surface area (Å²) in [5, 5.41) is 0. The first-order chi connectivity index (χ1) is 8.59. The van der Waals surface area contributed by atoms with Crippen molar-refractivity contribution >= 4 is 11.2 Å². The lowest BCUT2D eigenvalue weighted by atomic mass is 10.5. The van der Waals surface area contributed by atoms with Crippen molar-refractivity contribution in [3.8, 4) is 0 Å². The Balaban J connectivity index is 0.000000202. The third kappa shape index (κ3) is 2.14. The summed E-state index contributed by atoms with van der Waals surface area (Å²) in [6, 6.07) is 0. The smallest absolute Gasteiger partial charge is 0.329 e. The summed E-state index contributed by atoms with van der Waals surface area (Å²) in [4.78, 5) is 46.5. The van der Waals surface area contributed by atoms with E-state index < -0.39 is 16.9 Å². The van der Waals surface area contributed by atoms with Crippen LogP contribution in [0.25, 0.3) is 11.2 Å². The van der Waals surface area contributed by atoms with E-state index in [1.165, 1.54) is 7.05 Å². The summed E-state index contributed by atoms with van der Waals surface area (Å²) in [5.41, 5.74) is -1.41. The van der Waals surface area contributed by atoms with Gasteiger partial charge in [-0.1, -0.05) is 0 Å². The van der Waals surface area contributed by atoms with Crippen LogP contribution in [0.1, 0.15) is 0 Å². The van der Waals surface area contributed by atoms with E-state index in [2.05, 4.69) is 24.9 Å². The minimum atomic E-state index is -0.562. The molecule has 94 valence electrons. The average molecular weight is 250 g/mol. The Bertz CT molecular complexity index is 786. The van der Waals surface area contributed by atoms with Crippen LogP contribution in [-0.4, -0.2) is 29.5 Å². The summed E-state index contributed by atoms with van der Waals surface area (Å²) in [5.74, 6) is 0. The molecular weight excluding hydrogens is 240 g/mol. The molecule has 0 radical (unpaired) electrons. The molecule has 0 spiro atoms. The third-order valence-electron chi connectivity index (χ3n) is 2.19. The van der Waals surface area contributed by atoms with Crippen molar-refractivity contribution in [2.75, 3.05) is 0 Å². The van der Waals surface area contributed by atoms with Gasteiger partial charge in [0.1, 0.15) is 5.65 Å². The molecule has 0 saturated heterocycles. The van der Waals surface area contributed by atoms with Gasteiger partial charge in [0.15, 0.2) is 5.52 Å². The van der Waals surface area contributed by atoms with Gasteiger partial charge in [0.25, 0.3) is 5.56 Å². The molecule has 3 aromatic heterocycles. The predicted octanol–water partition coefficient (Wildman–Crippen LogP) is -1.35. The summed E-state index contributed by atoms with van der Waals surface area (Å²) in [7, 11) is 1.33. The molecule has 9 nitrogen and oxygen atoms in total. The van der Waals surface area contributed by atoms with Gasteiger partial charge >= 0.3 is 11.4 Å². The Hall–Kier alpha value is -2.84. The number of fused-ring (bicyclic) bond motifs is 1. The minimum Gasteiger partial charge on any atom is -0.351 e. The molecule has 0 unspecified atom stereocenters. The number of aromatic amines is 4. The molecule has 18 heavy (non-hydrogen) atoms. The van der Waals surface area contributed by atoms with Gasteiger partial charge in [-0.3, -0.25) is 24.3 Å². The van der Waals surface area contributed by atoms with Crippen LogP contribution >= 0.6 is 0 Å². The van der Waals surface area contributed by atoms with Crippen LogP contribution in [0.4, 0.5) is 0 Å². The Labute approximate surface area is 98.5 Å². The SMILES string of the molecule is Cn1c(=O)[nH]c2[nH]c(=O)[nH]c2c1=O.c1c[nH]cn1. The molecule has 4 N–H and O–H groups in total. The van der Waals surface area contributed by atoms with Gasteiger partial charge in [0.05, 0.1) is 6.33 Å². The fourth-order valence-electron chi connectivity index (χ4n) is 1.30. The Morgan fingerprint density at radius 3 is 2.50 bits per heavy atom. The molecule has 0 saturated carbocycles. The molecule has 0 aromatic carbocycles. The predicted molar refractivity (Wildman–Crippen MR) is 63.4 cm³/mol. The molecule has 0 aliphatic rings. The van der Waals surface area contributed by atoms with Gasteiger partial charge in [0.2, 0.25) is 0 Å². The summed E-state index contributed by atoms with van der Waals surface area (Å²) in [6.45, 7) is 0. The number of hydrogen-bond donors (Lipinski definition) is 4. The number of imidazole rings is 2. The zero-order valence-corrected chi connectivity index (χ0v) is 9.35. The number of hydrogen-bond acceptors (Lipinski definition) is 4. The molecule has 0 atom stereocenters. The zero-order valence-electron chi connectivity index (χ0n) is 9.35. The van der Waals surface area contributed by atoms with Crippen molar-refractivity contribution in [2.24, 2.45) is 7.05 Å². The summed E-state index contributed by atoms with van der Waals surface area (Å²) < 4.78 is 0.881. The standard InChI is InChI=1S/C6H6N4O3.C3H4N2/c1-10-4(11)2-3(9-6(10)13)8-5(12)7-2;1-2-5-3-4-1/h1H3,(H,9,13)(H2,7,8,12);1-3H,(H,4,5). The van der Waals surface area contributed by atoms with Gasteiger partial charge in [-0.15, -0.1) is 0 Å². The van der Waals surface area contributed by atoms with Crippen molar-refractivity contribution < 1.29 is 0 Å². The minimum absolute atomic E-state index is 0.0760. The van der Waals surface area contributed by atoms with Crippen LogP contribution in [0.3, 0.4) is 0 Å². The van der Waals surface area contributed by atoms with Gasteiger partial charge in [-0.2, -0.15) is 0 Å². The maximum absolute atomic E-state index is 11.3. The molecule has 0 bridgehead atoms. The molecule has 0 fully saturated rings. The van der Waals surface area contributed by atoms with E-state index in [-0.39, 0.29) is 11.2 Å². The second-order valence-electron chi connectivity index (χ2n) is 3.38. The van der Waals surface area contributed by atoms with Crippen molar-refractivity contribution in [3.63, 3.8) is 0 Å². The lowest BCUT2D eigenvalue weighted by Gasteiger charge is -1.93. The van der Waals surface area contributed by atoms with Crippen LogP contribution < -0.4 is 16.9 Å². The number of H-pyrrole nitrogens is 4.